The second-order valence-electron chi connectivity index (χ2n) is 11.3. The number of carbonyl (C=O) groups is 3. The number of Topliss-reactive ketones (excluding diaryl/α,β-unsaturated/α-hetero) is 2. The van der Waals surface area contributed by atoms with Crippen molar-refractivity contribution in [2.75, 3.05) is 34.4 Å². The number of phenolic OH excluding ortho intramolecular Hbond substituents is 1. The lowest BCUT2D eigenvalue weighted by Gasteiger charge is -2.50. The number of aliphatic hydroxyl groups excluding tert-OH is 2. The van der Waals surface area contributed by atoms with E-state index in [0.29, 0.717) is 29.0 Å². The van der Waals surface area contributed by atoms with Crippen molar-refractivity contribution < 1.29 is 43.9 Å². The Hall–Kier alpha value is -4.26. The summed E-state index contributed by atoms with van der Waals surface area (Å²) < 4.78 is 18.3. The number of primary amides is 1. The Labute approximate surface area is 247 Å². The smallest absolute Gasteiger partial charge is 0.255 e. The zero-order valence-electron chi connectivity index (χ0n) is 24.0. The summed E-state index contributed by atoms with van der Waals surface area (Å²) in [4.78, 5) is 41.2. The molecule has 3 aliphatic rings. The number of nitrogens with one attached hydrogen (secondary N) is 1. The fourth-order valence-electron chi connectivity index (χ4n) is 6.88. The molecule has 0 bridgehead atoms. The van der Waals surface area contributed by atoms with Gasteiger partial charge in [-0.05, 0) is 67.7 Å². The molecule has 4 atom stereocenters. The molecule has 0 aliphatic heterocycles. The monoisotopic (exact) mass is 595 g/mol. The van der Waals surface area contributed by atoms with Crippen molar-refractivity contribution >= 4 is 17.5 Å². The van der Waals surface area contributed by atoms with Gasteiger partial charge in [-0.15, -0.1) is 0 Å². The van der Waals surface area contributed by atoms with Crippen LogP contribution in [0.3, 0.4) is 0 Å². The zero-order chi connectivity index (χ0) is 31.4. The predicted molar refractivity (Wildman–Crippen MR) is 153 cm³/mol. The number of amides is 1. The Bertz CT molecular complexity index is 1600. The molecule has 5 rings (SSSR count). The lowest BCUT2D eigenvalue weighted by molar-refractivity contribution is -0.148. The number of methoxy groups -OCH3 is 1. The Morgan fingerprint density at radius 3 is 2.51 bits per heavy atom. The van der Waals surface area contributed by atoms with Crippen LogP contribution in [0.25, 0.3) is 11.1 Å². The number of rotatable bonds is 8. The molecule has 2 aromatic rings. The number of aliphatic hydroxyl groups is 3. The van der Waals surface area contributed by atoms with Crippen LogP contribution >= 0.6 is 0 Å². The molecular weight excluding hydrogens is 561 g/mol. The molecule has 3 aliphatic carbocycles. The SMILES string of the molecule is COc1ccc(CNCCF)cc1-c1ccc(O)c2c1CC1CC3C(N(C)C)C(O)=C(C(N)=O)C(=O)C3(O)C(O)=C1C2=O. The van der Waals surface area contributed by atoms with E-state index in [0.717, 1.165) is 5.56 Å². The lowest BCUT2D eigenvalue weighted by Crippen LogP contribution is -2.63. The molecule has 1 amide bonds. The van der Waals surface area contributed by atoms with Gasteiger partial charge in [0.15, 0.2) is 11.4 Å². The van der Waals surface area contributed by atoms with E-state index in [1.807, 2.05) is 12.1 Å². The van der Waals surface area contributed by atoms with E-state index in [-0.39, 0.29) is 36.3 Å². The molecule has 2 aromatic carbocycles. The molecule has 228 valence electrons. The Kier molecular flexibility index (Phi) is 7.80. The third kappa shape index (κ3) is 4.57. The molecule has 0 radical (unpaired) electrons. The van der Waals surface area contributed by atoms with E-state index in [2.05, 4.69) is 5.32 Å². The number of alkyl halides is 1. The van der Waals surface area contributed by atoms with Gasteiger partial charge in [0.25, 0.3) is 5.91 Å². The molecule has 0 heterocycles. The quantitative estimate of drug-likeness (QED) is 0.195. The summed E-state index contributed by atoms with van der Waals surface area (Å²) >= 11 is 0. The fraction of sp³-hybridized carbons (Fsp3) is 0.387. The average molecular weight is 596 g/mol. The third-order valence-corrected chi connectivity index (χ3v) is 8.76. The molecule has 0 spiro atoms. The molecule has 0 saturated heterocycles. The highest BCUT2D eigenvalue weighted by atomic mass is 19.1. The summed E-state index contributed by atoms with van der Waals surface area (Å²) in [5.41, 5.74) is 4.02. The van der Waals surface area contributed by atoms with Gasteiger partial charge in [0.1, 0.15) is 35.3 Å². The number of halogens is 1. The number of ketones is 2. The zero-order valence-corrected chi connectivity index (χ0v) is 24.0. The first kappa shape index (κ1) is 30.2. The number of aromatic hydroxyl groups is 1. The highest BCUT2D eigenvalue weighted by Gasteiger charge is 2.63. The predicted octanol–water partition coefficient (Wildman–Crippen LogP) is 1.86. The van der Waals surface area contributed by atoms with Crippen LogP contribution in [0, 0.1) is 11.8 Å². The summed E-state index contributed by atoms with van der Waals surface area (Å²) in [5.74, 6) is -6.59. The maximum absolute atomic E-state index is 14.0. The maximum atomic E-state index is 14.0. The fourth-order valence-corrected chi connectivity index (χ4v) is 6.88. The Morgan fingerprint density at radius 1 is 1.16 bits per heavy atom. The van der Waals surface area contributed by atoms with Gasteiger partial charge < -0.3 is 36.2 Å². The minimum atomic E-state index is -2.71. The number of nitrogens with zero attached hydrogens (tertiary/aromatic N) is 1. The molecule has 11 nitrogen and oxygen atoms in total. The number of benzene rings is 2. The average Bonchev–Trinajstić information content (AvgIpc) is 2.95. The number of nitrogens with two attached hydrogens (primary N) is 1. The Balaban J connectivity index is 1.68. The van der Waals surface area contributed by atoms with Crippen molar-refractivity contribution in [1.29, 1.82) is 0 Å². The van der Waals surface area contributed by atoms with Crippen molar-refractivity contribution in [2.24, 2.45) is 17.6 Å². The summed E-state index contributed by atoms with van der Waals surface area (Å²) in [6, 6.07) is 7.35. The number of likely N-dealkylation sites (N-methyl/N-ethyl adjacent to an activating group) is 1. The summed E-state index contributed by atoms with van der Waals surface area (Å²) in [6.45, 7) is 0.0445. The number of phenols is 1. The molecule has 43 heavy (non-hydrogen) atoms. The Morgan fingerprint density at radius 2 is 1.88 bits per heavy atom. The van der Waals surface area contributed by atoms with Crippen molar-refractivity contribution in [2.45, 2.75) is 31.0 Å². The van der Waals surface area contributed by atoms with Crippen LogP contribution in [-0.2, 0) is 22.6 Å². The van der Waals surface area contributed by atoms with Gasteiger partial charge in [-0.3, -0.25) is 19.3 Å². The first-order chi connectivity index (χ1) is 20.4. The highest BCUT2D eigenvalue weighted by molar-refractivity contribution is 6.25. The number of fused-ring (bicyclic) bond motifs is 3. The standard InChI is InChI=1S/C31H34FN3O8/c1-35(2)25-19-12-15-11-18-16(17-10-14(13-34-9-8-32)4-7-21(17)43-3)5-6-20(36)23(18)26(37)22(15)28(39)31(19,42)29(40)24(27(25)38)30(33)41/h4-7,10,15,19,25,34,36,38-39,42H,8-9,11-13H2,1-3H3,(H2,33,41). The lowest BCUT2D eigenvalue weighted by atomic mass is 9.58. The number of hydrogen-bond donors (Lipinski definition) is 6. The minimum absolute atomic E-state index is 0.0226. The van der Waals surface area contributed by atoms with Gasteiger partial charge in [0.05, 0.1) is 18.7 Å². The van der Waals surface area contributed by atoms with Crippen LogP contribution in [0.2, 0.25) is 0 Å². The van der Waals surface area contributed by atoms with E-state index in [1.54, 1.807) is 26.2 Å². The van der Waals surface area contributed by atoms with Gasteiger partial charge in [0.2, 0.25) is 5.78 Å². The summed E-state index contributed by atoms with van der Waals surface area (Å²) in [5, 5.41) is 48.1. The van der Waals surface area contributed by atoms with E-state index < -0.39 is 64.7 Å². The second kappa shape index (κ2) is 11.1. The minimum Gasteiger partial charge on any atom is -0.510 e. The molecule has 0 fully saturated rings. The molecule has 7 N–H and O–H groups in total. The summed E-state index contributed by atoms with van der Waals surface area (Å²) in [6.07, 6.45) is 0.108. The summed E-state index contributed by atoms with van der Waals surface area (Å²) in [7, 11) is 4.65. The molecule has 12 heteroatoms. The van der Waals surface area contributed by atoms with Gasteiger partial charge in [-0.25, -0.2) is 4.39 Å². The number of carbonyl (C=O) groups excluding carboxylic acids is 3. The van der Waals surface area contributed by atoms with Crippen LogP contribution in [0.15, 0.2) is 53.0 Å². The van der Waals surface area contributed by atoms with Crippen molar-refractivity contribution in [3.8, 4) is 22.6 Å². The largest absolute Gasteiger partial charge is 0.510 e. The number of ether oxygens (including phenoxy) is 1. The van der Waals surface area contributed by atoms with Crippen molar-refractivity contribution in [3.05, 3.63) is 69.7 Å². The second-order valence-corrected chi connectivity index (χ2v) is 11.3. The molecule has 0 saturated carbocycles. The van der Waals surface area contributed by atoms with E-state index in [9.17, 15) is 39.2 Å². The van der Waals surface area contributed by atoms with E-state index in [1.165, 1.54) is 18.1 Å². The highest BCUT2D eigenvalue weighted by Crippen LogP contribution is 2.53. The topological polar surface area (TPSA) is 183 Å². The normalized spacial score (nSPS) is 25.0. The molecular formula is C31H34FN3O8. The van der Waals surface area contributed by atoms with E-state index in [4.69, 9.17) is 10.5 Å². The van der Waals surface area contributed by atoms with E-state index >= 15 is 0 Å². The van der Waals surface area contributed by atoms with Crippen LogP contribution in [0.1, 0.15) is 27.9 Å². The maximum Gasteiger partial charge on any atom is 0.255 e. The van der Waals surface area contributed by atoms with Crippen LogP contribution in [0.5, 0.6) is 11.5 Å². The number of hydrogen-bond acceptors (Lipinski definition) is 10. The van der Waals surface area contributed by atoms with Gasteiger partial charge in [-0.2, -0.15) is 0 Å². The molecule has 0 aromatic heterocycles. The first-order valence-corrected chi connectivity index (χ1v) is 13.8. The van der Waals surface area contributed by atoms with Crippen LogP contribution in [0.4, 0.5) is 4.39 Å². The number of allylic oxidation sites excluding steroid dienone is 1. The third-order valence-electron chi connectivity index (χ3n) is 8.76. The van der Waals surface area contributed by atoms with Crippen LogP contribution in [-0.4, -0.2) is 88.9 Å². The van der Waals surface area contributed by atoms with Gasteiger partial charge in [0, 0.05) is 30.1 Å². The van der Waals surface area contributed by atoms with Gasteiger partial charge >= 0.3 is 0 Å². The van der Waals surface area contributed by atoms with Crippen LogP contribution < -0.4 is 15.8 Å². The molecule has 4 unspecified atom stereocenters. The first-order valence-electron chi connectivity index (χ1n) is 13.8. The van der Waals surface area contributed by atoms with Crippen molar-refractivity contribution in [1.82, 2.24) is 10.2 Å². The van der Waals surface area contributed by atoms with Crippen molar-refractivity contribution in [3.63, 3.8) is 0 Å². The van der Waals surface area contributed by atoms with Gasteiger partial charge in [-0.1, -0.05) is 12.1 Å².